The molecule has 28 heavy (non-hydrogen) atoms. The van der Waals surface area contributed by atoms with E-state index in [9.17, 15) is 0 Å². The molecule has 5 nitrogen and oxygen atoms in total. The second kappa shape index (κ2) is 9.46. The maximum absolute atomic E-state index is 5.76. The summed E-state index contributed by atoms with van der Waals surface area (Å²) in [7, 11) is 4.87. The van der Waals surface area contributed by atoms with Gasteiger partial charge in [0.2, 0.25) is 0 Å². The Bertz CT molecular complexity index is 905. The fourth-order valence-electron chi connectivity index (χ4n) is 2.93. The Balaban J connectivity index is 1.98. The van der Waals surface area contributed by atoms with Crippen molar-refractivity contribution < 1.29 is 18.9 Å². The first-order chi connectivity index (χ1) is 13.7. The Morgan fingerprint density at radius 3 is 2.32 bits per heavy atom. The summed E-state index contributed by atoms with van der Waals surface area (Å²) < 4.78 is 26.9. The first kappa shape index (κ1) is 20.0. The van der Waals surface area contributed by atoms with E-state index in [2.05, 4.69) is 23.4 Å². The Kier molecular flexibility index (Phi) is 6.76. The van der Waals surface area contributed by atoms with Gasteiger partial charge in [0.25, 0.3) is 0 Å². The molecule has 0 amide bonds. The second-order valence-electron chi connectivity index (χ2n) is 6.21. The first-order valence-corrected chi connectivity index (χ1v) is 10.0. The van der Waals surface area contributed by atoms with Gasteiger partial charge in [0.15, 0.2) is 11.5 Å². The number of rotatable bonds is 9. The molecule has 0 saturated heterocycles. The highest BCUT2D eigenvalue weighted by Crippen LogP contribution is 2.44. The van der Waals surface area contributed by atoms with Crippen LogP contribution in [-0.4, -0.2) is 32.3 Å². The number of ether oxygens (including phenoxy) is 4. The van der Waals surface area contributed by atoms with Crippen molar-refractivity contribution in [2.45, 2.75) is 19.8 Å². The van der Waals surface area contributed by atoms with Crippen LogP contribution in [0.1, 0.15) is 19.8 Å². The molecular weight excluding hydrogens is 374 g/mol. The highest BCUT2D eigenvalue weighted by Gasteiger charge is 2.20. The van der Waals surface area contributed by atoms with Gasteiger partial charge in [0, 0.05) is 17.0 Å². The molecule has 0 N–H and O–H groups in total. The van der Waals surface area contributed by atoms with E-state index in [4.69, 9.17) is 18.9 Å². The van der Waals surface area contributed by atoms with Crippen LogP contribution in [0.5, 0.6) is 23.0 Å². The number of aromatic nitrogens is 1. The third-order valence-electron chi connectivity index (χ3n) is 4.44. The summed E-state index contributed by atoms with van der Waals surface area (Å²) in [5.41, 5.74) is 3.76. The monoisotopic (exact) mass is 399 g/mol. The lowest BCUT2D eigenvalue weighted by Gasteiger charge is -2.15. The lowest BCUT2D eigenvalue weighted by atomic mass is 10.0. The summed E-state index contributed by atoms with van der Waals surface area (Å²) >= 11 is 1.40. The summed E-state index contributed by atoms with van der Waals surface area (Å²) in [4.78, 5) is 0. The van der Waals surface area contributed by atoms with Crippen LogP contribution < -0.4 is 18.9 Å². The van der Waals surface area contributed by atoms with E-state index in [0.29, 0.717) is 17.2 Å². The van der Waals surface area contributed by atoms with Crippen molar-refractivity contribution in [1.29, 1.82) is 0 Å². The SMILES string of the molecule is CCCCOc1ccc(-c2csnc2-c2cc(OC)cc(OC)c2OC)cc1. The average molecular weight is 400 g/mol. The van der Waals surface area contributed by atoms with Crippen LogP contribution in [0.25, 0.3) is 22.4 Å². The van der Waals surface area contributed by atoms with Crippen molar-refractivity contribution in [2.24, 2.45) is 0 Å². The molecule has 0 aliphatic heterocycles. The van der Waals surface area contributed by atoms with Crippen molar-refractivity contribution in [1.82, 2.24) is 4.37 Å². The van der Waals surface area contributed by atoms with E-state index in [1.54, 1.807) is 27.4 Å². The molecule has 3 rings (SSSR count). The molecule has 1 heterocycles. The molecule has 0 atom stereocenters. The molecule has 0 spiro atoms. The Labute approximate surface area is 170 Å². The summed E-state index contributed by atoms with van der Waals surface area (Å²) in [5.74, 6) is 2.80. The maximum atomic E-state index is 5.76. The molecule has 3 aromatic rings. The fourth-order valence-corrected chi connectivity index (χ4v) is 3.64. The first-order valence-electron chi connectivity index (χ1n) is 9.19. The fraction of sp³-hybridized carbons (Fsp3) is 0.318. The molecular formula is C22H25NO4S. The van der Waals surface area contributed by atoms with Crippen LogP contribution in [0.3, 0.4) is 0 Å². The minimum Gasteiger partial charge on any atom is -0.497 e. The van der Waals surface area contributed by atoms with Crippen LogP contribution >= 0.6 is 11.5 Å². The summed E-state index contributed by atoms with van der Waals surface area (Å²) in [6.07, 6.45) is 2.17. The molecule has 1 aromatic heterocycles. The number of hydrogen-bond acceptors (Lipinski definition) is 6. The number of unbranched alkanes of at least 4 members (excludes halogenated alkanes) is 1. The van der Waals surface area contributed by atoms with E-state index in [0.717, 1.165) is 47.6 Å². The molecule has 0 aliphatic carbocycles. The highest BCUT2D eigenvalue weighted by atomic mass is 32.1. The van der Waals surface area contributed by atoms with Crippen molar-refractivity contribution in [3.05, 3.63) is 41.8 Å². The van der Waals surface area contributed by atoms with Crippen LogP contribution in [0.4, 0.5) is 0 Å². The number of hydrogen-bond donors (Lipinski definition) is 0. The van der Waals surface area contributed by atoms with Gasteiger partial charge in [-0.15, -0.1) is 0 Å². The molecule has 0 radical (unpaired) electrons. The topological polar surface area (TPSA) is 49.8 Å². The third kappa shape index (κ3) is 4.22. The van der Waals surface area contributed by atoms with Gasteiger partial charge in [-0.05, 0) is 41.7 Å². The minimum atomic E-state index is 0.607. The number of methoxy groups -OCH3 is 3. The van der Waals surface area contributed by atoms with E-state index >= 15 is 0 Å². The summed E-state index contributed by atoms with van der Waals surface area (Å²) in [5, 5.41) is 2.04. The van der Waals surface area contributed by atoms with Gasteiger partial charge in [0.1, 0.15) is 11.5 Å². The van der Waals surface area contributed by atoms with Gasteiger partial charge >= 0.3 is 0 Å². The van der Waals surface area contributed by atoms with Gasteiger partial charge in [-0.2, -0.15) is 4.37 Å². The van der Waals surface area contributed by atoms with Crippen molar-refractivity contribution in [2.75, 3.05) is 27.9 Å². The molecule has 6 heteroatoms. The highest BCUT2D eigenvalue weighted by molar-refractivity contribution is 7.04. The van der Waals surface area contributed by atoms with E-state index in [-0.39, 0.29) is 0 Å². The number of nitrogens with zero attached hydrogens (tertiary/aromatic N) is 1. The van der Waals surface area contributed by atoms with E-state index < -0.39 is 0 Å². The van der Waals surface area contributed by atoms with Gasteiger partial charge in [-0.3, -0.25) is 0 Å². The van der Waals surface area contributed by atoms with E-state index in [1.807, 2.05) is 23.6 Å². The molecule has 0 unspecified atom stereocenters. The molecule has 2 aromatic carbocycles. The maximum Gasteiger partial charge on any atom is 0.170 e. The molecule has 148 valence electrons. The van der Waals surface area contributed by atoms with Crippen molar-refractivity contribution >= 4 is 11.5 Å². The molecule has 0 bridgehead atoms. The van der Waals surface area contributed by atoms with Crippen LogP contribution in [-0.2, 0) is 0 Å². The minimum absolute atomic E-state index is 0.607. The third-order valence-corrected chi connectivity index (χ3v) is 5.07. The smallest absolute Gasteiger partial charge is 0.170 e. The largest absolute Gasteiger partial charge is 0.497 e. The Morgan fingerprint density at radius 1 is 0.893 bits per heavy atom. The molecule has 0 aliphatic rings. The quantitative estimate of drug-likeness (QED) is 0.433. The zero-order valence-electron chi connectivity index (χ0n) is 16.7. The zero-order valence-corrected chi connectivity index (χ0v) is 17.5. The molecule has 0 fully saturated rings. The van der Waals surface area contributed by atoms with Gasteiger partial charge < -0.3 is 18.9 Å². The van der Waals surface area contributed by atoms with Crippen LogP contribution in [0, 0.1) is 0 Å². The average Bonchev–Trinajstić information content (AvgIpc) is 3.23. The lowest BCUT2D eigenvalue weighted by molar-refractivity contribution is 0.309. The lowest BCUT2D eigenvalue weighted by Crippen LogP contribution is -1.97. The Hall–Kier alpha value is -2.73. The zero-order chi connectivity index (χ0) is 19.9. The number of benzene rings is 2. The molecule has 0 saturated carbocycles. The summed E-state index contributed by atoms with van der Waals surface area (Å²) in [6.45, 7) is 2.89. The Morgan fingerprint density at radius 2 is 1.68 bits per heavy atom. The predicted molar refractivity (Wildman–Crippen MR) is 113 cm³/mol. The normalized spacial score (nSPS) is 10.6. The van der Waals surface area contributed by atoms with Crippen molar-refractivity contribution in [3.63, 3.8) is 0 Å². The van der Waals surface area contributed by atoms with Gasteiger partial charge in [-0.25, -0.2) is 0 Å². The second-order valence-corrected chi connectivity index (χ2v) is 6.84. The van der Waals surface area contributed by atoms with Crippen LogP contribution in [0.2, 0.25) is 0 Å². The van der Waals surface area contributed by atoms with Gasteiger partial charge in [-0.1, -0.05) is 25.5 Å². The van der Waals surface area contributed by atoms with E-state index in [1.165, 1.54) is 11.5 Å². The van der Waals surface area contributed by atoms with Gasteiger partial charge in [0.05, 0.1) is 39.2 Å². The predicted octanol–water partition coefficient (Wildman–Crippen LogP) is 5.68. The standard InChI is InChI=1S/C22H25NO4S/c1-5-6-11-27-16-9-7-15(8-10-16)19-14-28-23-21(19)18-12-17(24-2)13-20(25-3)22(18)26-4/h7-10,12-14H,5-6,11H2,1-4H3. The summed E-state index contributed by atoms with van der Waals surface area (Å²) in [6, 6.07) is 11.8. The van der Waals surface area contributed by atoms with Crippen molar-refractivity contribution in [3.8, 4) is 45.4 Å². The van der Waals surface area contributed by atoms with Crippen LogP contribution in [0.15, 0.2) is 41.8 Å².